The zero-order chi connectivity index (χ0) is 10.6. The first-order chi connectivity index (χ1) is 6.53. The number of hydrogen-bond donors (Lipinski definition) is 1. The van der Waals surface area contributed by atoms with E-state index in [0.29, 0.717) is 18.2 Å². The van der Waals surface area contributed by atoms with Crippen LogP contribution in [0.5, 0.6) is 0 Å². The molecule has 1 atom stereocenters. The van der Waals surface area contributed by atoms with Gasteiger partial charge in [0, 0.05) is 6.04 Å². The van der Waals surface area contributed by atoms with Crippen LogP contribution in [0.25, 0.3) is 0 Å². The molecule has 82 valence electrons. The summed E-state index contributed by atoms with van der Waals surface area (Å²) in [4.78, 5) is 0. The molecule has 1 fully saturated rings. The summed E-state index contributed by atoms with van der Waals surface area (Å²) in [6.45, 7) is 2.56. The smallest absolute Gasteiger partial charge is 0.256 e. The van der Waals surface area contributed by atoms with Crippen LogP contribution in [0, 0.1) is 0 Å². The van der Waals surface area contributed by atoms with E-state index in [1.54, 1.807) is 0 Å². The molecule has 0 spiro atoms. The maximum Gasteiger partial charge on any atom is 0.256 e. The van der Waals surface area contributed by atoms with E-state index in [1.165, 1.54) is 0 Å². The predicted molar refractivity (Wildman–Crippen MR) is 59.0 cm³/mol. The third kappa shape index (κ3) is 3.79. The molecule has 1 rings (SSSR count). The first-order valence-electron chi connectivity index (χ1n) is 4.67. The zero-order valence-corrected chi connectivity index (χ0v) is 9.79. The van der Waals surface area contributed by atoms with Gasteiger partial charge in [-0.05, 0) is 25.1 Å². The fraction of sp³-hybridized carbons (Fsp3) is 0.875. The molecule has 0 bridgehead atoms. The summed E-state index contributed by atoms with van der Waals surface area (Å²) in [5.74, 6) is 0.420. The zero-order valence-electron chi connectivity index (χ0n) is 8.15. The van der Waals surface area contributed by atoms with Crippen LogP contribution in [0.2, 0.25) is 0 Å². The molecule has 1 aliphatic rings. The van der Waals surface area contributed by atoms with E-state index in [0.717, 1.165) is 6.42 Å². The van der Waals surface area contributed by atoms with Crippen LogP contribution >= 0.6 is 12.2 Å². The molecule has 0 aromatic heterocycles. The van der Waals surface area contributed by atoms with Crippen molar-refractivity contribution in [3.63, 3.8) is 0 Å². The Morgan fingerprint density at radius 2 is 2.36 bits per heavy atom. The maximum atomic E-state index is 11.1. The highest BCUT2D eigenvalue weighted by molar-refractivity contribution is 7.91. The average molecular weight is 237 g/mol. The Kier molecular flexibility index (Phi) is 4.12. The Bertz CT molecular complexity index is 300. The molecule has 0 aromatic rings. The minimum Gasteiger partial charge on any atom is -0.471 e. The average Bonchev–Trinajstić information content (AvgIpc) is 2.42. The van der Waals surface area contributed by atoms with E-state index in [9.17, 15) is 8.42 Å². The molecule has 0 saturated carbocycles. The number of nitrogens with one attached hydrogen (secondary N) is 1. The molecular formula is C8H15NO3S2. The summed E-state index contributed by atoms with van der Waals surface area (Å²) in [6.07, 6.45) is 1.52. The third-order valence-corrected chi connectivity index (χ3v) is 4.00. The SMILES string of the molecule is CCCOC(=S)N[C@H]1CCS(=O)(=O)C1. The van der Waals surface area contributed by atoms with E-state index in [4.69, 9.17) is 17.0 Å². The predicted octanol–water partition coefficient (Wildman–Crippen LogP) is 0.475. The third-order valence-electron chi connectivity index (χ3n) is 1.99. The topological polar surface area (TPSA) is 55.4 Å². The van der Waals surface area contributed by atoms with Crippen molar-refractivity contribution in [3.8, 4) is 0 Å². The molecule has 0 unspecified atom stereocenters. The molecule has 6 heteroatoms. The Hall–Kier alpha value is -0.360. The molecule has 14 heavy (non-hydrogen) atoms. The van der Waals surface area contributed by atoms with Crippen molar-refractivity contribution in [3.05, 3.63) is 0 Å². The number of ether oxygens (including phenoxy) is 1. The van der Waals surface area contributed by atoms with Gasteiger partial charge in [0.15, 0.2) is 9.84 Å². The standard InChI is InChI=1S/C8H15NO3S2/c1-2-4-12-8(13)9-7-3-5-14(10,11)6-7/h7H,2-6H2,1H3,(H,9,13)/t7-/m0/s1. The van der Waals surface area contributed by atoms with Crippen LogP contribution in [0.3, 0.4) is 0 Å². The van der Waals surface area contributed by atoms with Gasteiger partial charge in [-0.3, -0.25) is 0 Å². The maximum absolute atomic E-state index is 11.1. The lowest BCUT2D eigenvalue weighted by Gasteiger charge is -2.13. The quantitative estimate of drug-likeness (QED) is 0.723. The molecule has 0 aliphatic carbocycles. The second kappa shape index (κ2) is 4.93. The number of thiocarbonyl (C=S) groups is 1. The molecule has 0 amide bonds. The van der Waals surface area contributed by atoms with Crippen molar-refractivity contribution in [2.24, 2.45) is 0 Å². The van der Waals surface area contributed by atoms with Crippen LogP contribution in [0.4, 0.5) is 0 Å². The molecule has 0 aromatic carbocycles. The van der Waals surface area contributed by atoms with Gasteiger partial charge < -0.3 is 10.1 Å². The number of sulfone groups is 1. The Morgan fingerprint density at radius 3 is 2.86 bits per heavy atom. The van der Waals surface area contributed by atoms with Gasteiger partial charge in [0.2, 0.25) is 0 Å². The van der Waals surface area contributed by atoms with E-state index in [2.05, 4.69) is 5.32 Å². The summed E-state index contributed by atoms with van der Waals surface area (Å²) in [7, 11) is -2.84. The summed E-state index contributed by atoms with van der Waals surface area (Å²) in [6, 6.07) is -0.0654. The lowest BCUT2D eigenvalue weighted by atomic mass is 10.3. The molecule has 4 nitrogen and oxygen atoms in total. The van der Waals surface area contributed by atoms with Crippen LogP contribution in [-0.4, -0.2) is 37.7 Å². The molecule has 1 N–H and O–H groups in total. The number of rotatable bonds is 3. The first-order valence-corrected chi connectivity index (χ1v) is 6.90. The monoisotopic (exact) mass is 237 g/mol. The summed E-state index contributed by atoms with van der Waals surface area (Å²) in [5, 5.41) is 3.21. The summed E-state index contributed by atoms with van der Waals surface area (Å²) >= 11 is 4.90. The number of hydrogen-bond acceptors (Lipinski definition) is 4. The van der Waals surface area contributed by atoms with Gasteiger partial charge in [-0.15, -0.1) is 0 Å². The van der Waals surface area contributed by atoms with Crippen molar-refractivity contribution in [1.29, 1.82) is 0 Å². The minimum atomic E-state index is -2.84. The fourth-order valence-electron chi connectivity index (χ4n) is 1.31. The Morgan fingerprint density at radius 1 is 1.64 bits per heavy atom. The minimum absolute atomic E-state index is 0.0654. The molecule has 1 aliphatic heterocycles. The van der Waals surface area contributed by atoms with Gasteiger partial charge in [-0.2, -0.15) is 0 Å². The molecular weight excluding hydrogens is 222 g/mol. The molecule has 1 saturated heterocycles. The second-order valence-corrected chi connectivity index (χ2v) is 5.98. The summed E-state index contributed by atoms with van der Waals surface area (Å²) < 4.78 is 27.4. The van der Waals surface area contributed by atoms with Crippen molar-refractivity contribution in [2.75, 3.05) is 18.1 Å². The van der Waals surface area contributed by atoms with Crippen molar-refractivity contribution < 1.29 is 13.2 Å². The van der Waals surface area contributed by atoms with E-state index in [1.807, 2.05) is 6.92 Å². The lowest BCUT2D eigenvalue weighted by molar-refractivity contribution is 0.294. The van der Waals surface area contributed by atoms with Crippen molar-refractivity contribution in [2.45, 2.75) is 25.8 Å². The van der Waals surface area contributed by atoms with Crippen LogP contribution in [0.15, 0.2) is 0 Å². The van der Waals surface area contributed by atoms with Gasteiger partial charge in [-0.1, -0.05) is 6.92 Å². The van der Waals surface area contributed by atoms with Crippen LogP contribution < -0.4 is 5.32 Å². The fourth-order valence-corrected chi connectivity index (χ4v) is 3.24. The largest absolute Gasteiger partial charge is 0.471 e. The Balaban J connectivity index is 2.29. The van der Waals surface area contributed by atoms with Gasteiger partial charge in [0.25, 0.3) is 5.17 Å². The van der Waals surface area contributed by atoms with Gasteiger partial charge >= 0.3 is 0 Å². The second-order valence-electron chi connectivity index (χ2n) is 3.38. The van der Waals surface area contributed by atoms with Crippen LogP contribution in [0.1, 0.15) is 19.8 Å². The van der Waals surface area contributed by atoms with E-state index < -0.39 is 9.84 Å². The first kappa shape index (κ1) is 11.7. The van der Waals surface area contributed by atoms with E-state index in [-0.39, 0.29) is 17.5 Å². The van der Waals surface area contributed by atoms with E-state index >= 15 is 0 Å². The summed E-state index contributed by atoms with van der Waals surface area (Å²) in [5.41, 5.74) is 0. The highest BCUT2D eigenvalue weighted by atomic mass is 32.2. The lowest BCUT2D eigenvalue weighted by Crippen LogP contribution is -2.35. The highest BCUT2D eigenvalue weighted by Gasteiger charge is 2.28. The highest BCUT2D eigenvalue weighted by Crippen LogP contribution is 2.11. The normalized spacial score (nSPS) is 24.5. The molecule has 1 heterocycles. The van der Waals surface area contributed by atoms with Gasteiger partial charge in [0.05, 0.1) is 18.1 Å². The van der Waals surface area contributed by atoms with Gasteiger partial charge in [0.1, 0.15) is 0 Å². The van der Waals surface area contributed by atoms with Gasteiger partial charge in [-0.25, -0.2) is 8.42 Å². The van der Waals surface area contributed by atoms with Crippen molar-refractivity contribution in [1.82, 2.24) is 5.32 Å². The Labute approximate surface area is 89.9 Å². The van der Waals surface area contributed by atoms with Crippen molar-refractivity contribution >= 4 is 27.2 Å². The van der Waals surface area contributed by atoms with Crippen LogP contribution in [-0.2, 0) is 14.6 Å². The molecule has 0 radical (unpaired) electrons.